The first-order valence-corrected chi connectivity index (χ1v) is 15.7. The molecule has 2 aliphatic heterocycles. The Morgan fingerprint density at radius 2 is 0.975 bits per heavy atom. The average molecular weight is 547 g/mol. The third-order valence-electron chi connectivity index (χ3n) is 10.2. The van der Waals surface area contributed by atoms with Crippen LogP contribution in [0.2, 0.25) is 0 Å². The van der Waals surface area contributed by atoms with Gasteiger partial charge in [0.15, 0.2) is 0 Å². The second-order valence-electron chi connectivity index (χ2n) is 13.2. The average Bonchev–Trinajstić information content (AvgIpc) is 3.58. The quantitative estimate of drug-likeness (QED) is 0.308. The van der Waals surface area contributed by atoms with E-state index in [2.05, 4.69) is 49.0 Å². The normalized spacial score (nSPS) is 26.6. The molecule has 2 aromatic carbocycles. The maximum Gasteiger partial charge on any atom is 0.224 e. The lowest BCUT2D eigenvalue weighted by Gasteiger charge is -2.50. The van der Waals surface area contributed by atoms with Crippen LogP contribution in [0.4, 0.5) is 0 Å². The Kier molecular flexibility index (Phi) is 9.27. The van der Waals surface area contributed by atoms with Gasteiger partial charge in [0, 0.05) is 63.5 Å². The van der Waals surface area contributed by atoms with Gasteiger partial charge in [0.05, 0.1) is 65.2 Å². The van der Waals surface area contributed by atoms with Crippen LogP contribution in [0.1, 0.15) is 61.5 Å². The number of hydrogen-bond donors (Lipinski definition) is 2. The lowest BCUT2D eigenvalue weighted by Crippen LogP contribution is -2.56. The minimum atomic E-state index is -0.258. The van der Waals surface area contributed by atoms with E-state index in [-0.39, 0.29) is 35.5 Å². The number of nitrogens with zero attached hydrogens (tertiary/aromatic N) is 2. The van der Waals surface area contributed by atoms with Gasteiger partial charge in [0.1, 0.15) is 0 Å². The highest BCUT2D eigenvalue weighted by molar-refractivity contribution is 5.90. The minimum absolute atomic E-state index is 0.0855. The van der Waals surface area contributed by atoms with E-state index in [1.54, 1.807) is 0 Å². The summed E-state index contributed by atoms with van der Waals surface area (Å²) in [4.78, 5) is 27.7. The number of hydrogen-bond acceptors (Lipinski definition) is 2. The summed E-state index contributed by atoms with van der Waals surface area (Å²) in [6.45, 7) is 8.60. The summed E-state index contributed by atoms with van der Waals surface area (Å²) in [5, 5.41) is 6.58. The van der Waals surface area contributed by atoms with Crippen LogP contribution in [-0.2, 0) is 9.59 Å². The summed E-state index contributed by atoms with van der Waals surface area (Å²) in [6, 6.07) is 20.4. The molecule has 6 nitrogen and oxygen atoms in total. The zero-order chi connectivity index (χ0) is 28.0. The van der Waals surface area contributed by atoms with Gasteiger partial charge in [0.2, 0.25) is 11.8 Å². The molecular weight excluding hydrogens is 496 g/mol. The largest absolute Gasteiger partial charge is 0.356 e. The van der Waals surface area contributed by atoms with Crippen LogP contribution in [0, 0.1) is 11.8 Å². The number of nitrogens with one attached hydrogen (secondary N) is 2. The van der Waals surface area contributed by atoms with Crippen LogP contribution in [-0.4, -0.2) is 87.2 Å². The van der Waals surface area contributed by atoms with Crippen LogP contribution in [0.25, 0.3) is 0 Å². The van der Waals surface area contributed by atoms with E-state index >= 15 is 0 Å². The van der Waals surface area contributed by atoms with Crippen LogP contribution in [0.15, 0.2) is 60.7 Å². The van der Waals surface area contributed by atoms with E-state index in [0.717, 1.165) is 46.0 Å². The summed E-state index contributed by atoms with van der Waals surface area (Å²) in [7, 11) is 4.68. The number of benzene rings is 2. The maximum absolute atomic E-state index is 13.8. The van der Waals surface area contributed by atoms with Crippen molar-refractivity contribution in [3.8, 4) is 0 Å². The molecule has 0 radical (unpaired) electrons. The molecule has 0 bridgehead atoms. The van der Waals surface area contributed by atoms with Crippen molar-refractivity contribution in [3.63, 3.8) is 0 Å². The predicted molar refractivity (Wildman–Crippen MR) is 161 cm³/mol. The molecule has 2 amide bonds. The molecular formula is C34H50N4O2+2. The van der Waals surface area contributed by atoms with Gasteiger partial charge < -0.3 is 19.6 Å². The molecule has 3 fully saturated rings. The number of carbonyl (C=O) groups excluding carboxylic acids is 2. The third-order valence-corrected chi connectivity index (χ3v) is 10.2. The second kappa shape index (κ2) is 12.9. The minimum Gasteiger partial charge on any atom is -0.356 e. The molecule has 0 atom stereocenters. The molecule has 0 spiro atoms. The summed E-state index contributed by atoms with van der Waals surface area (Å²) < 4.78 is 2.25. The van der Waals surface area contributed by atoms with Gasteiger partial charge >= 0.3 is 0 Å². The summed E-state index contributed by atoms with van der Waals surface area (Å²) in [6.07, 6.45) is 7.22. The van der Waals surface area contributed by atoms with Crippen molar-refractivity contribution in [3.05, 3.63) is 71.8 Å². The molecule has 0 aromatic heterocycles. The van der Waals surface area contributed by atoms with E-state index < -0.39 is 0 Å². The topological polar surface area (TPSA) is 58.2 Å². The molecule has 6 heteroatoms. The van der Waals surface area contributed by atoms with Crippen LogP contribution in [0.3, 0.4) is 0 Å². The fraction of sp³-hybridized carbons (Fsp3) is 0.588. The van der Waals surface area contributed by atoms with Crippen LogP contribution >= 0.6 is 0 Å². The first kappa shape index (κ1) is 28.8. The number of quaternary nitrogens is 2. The standard InChI is InChI=1S/C34H48N4O2/c1-37(21-9-10-22-37)25-13-19-35-33(39)31-29(27-15-5-3-6-16-27)32(30(31)28-17-7-4-8-18-28)34(40)36-20-14-26-38(2)23-11-12-24-38/h3-8,15-18,29-32H,9-14,19-26H2,1-2H3/p+2. The third kappa shape index (κ3) is 6.60. The van der Waals surface area contributed by atoms with E-state index in [1.807, 2.05) is 36.4 Å². The van der Waals surface area contributed by atoms with E-state index in [4.69, 9.17) is 0 Å². The maximum atomic E-state index is 13.8. The Morgan fingerprint density at radius 1 is 0.625 bits per heavy atom. The zero-order valence-electron chi connectivity index (χ0n) is 24.7. The molecule has 0 unspecified atom stereocenters. The van der Waals surface area contributed by atoms with E-state index in [1.165, 1.54) is 51.9 Å². The summed E-state index contributed by atoms with van der Waals surface area (Å²) >= 11 is 0. The molecule has 5 rings (SSSR count). The van der Waals surface area contributed by atoms with Crippen molar-refractivity contribution in [2.24, 2.45) is 11.8 Å². The van der Waals surface area contributed by atoms with Gasteiger partial charge in [-0.1, -0.05) is 60.7 Å². The second-order valence-corrected chi connectivity index (χ2v) is 13.2. The van der Waals surface area contributed by atoms with E-state index in [0.29, 0.717) is 13.1 Å². The molecule has 3 aliphatic rings. The summed E-state index contributed by atoms with van der Waals surface area (Å²) in [5.41, 5.74) is 2.17. The van der Waals surface area contributed by atoms with Gasteiger partial charge in [-0.15, -0.1) is 0 Å². The number of likely N-dealkylation sites (tertiary alicyclic amines) is 2. The van der Waals surface area contributed by atoms with Crippen molar-refractivity contribution in [1.29, 1.82) is 0 Å². The Hall–Kier alpha value is -2.70. The molecule has 2 aromatic rings. The molecule has 216 valence electrons. The van der Waals surface area contributed by atoms with Gasteiger partial charge in [-0.05, 0) is 11.1 Å². The smallest absolute Gasteiger partial charge is 0.224 e. The Labute approximate surface area is 241 Å². The summed E-state index contributed by atoms with van der Waals surface area (Å²) in [5.74, 6) is -0.600. The van der Waals surface area contributed by atoms with Crippen molar-refractivity contribution >= 4 is 11.8 Å². The number of amides is 2. The van der Waals surface area contributed by atoms with Gasteiger partial charge in [-0.3, -0.25) is 9.59 Å². The molecule has 2 N–H and O–H groups in total. The first-order valence-electron chi connectivity index (χ1n) is 15.7. The SMILES string of the molecule is C[N+]1(CCCNC(=O)C2C(c3ccccc3)C(C(=O)NCCC[N+]3(C)CCCC3)C2c2ccccc2)CCCC1. The molecule has 1 aliphatic carbocycles. The highest BCUT2D eigenvalue weighted by Gasteiger charge is 2.57. The zero-order valence-corrected chi connectivity index (χ0v) is 24.7. The van der Waals surface area contributed by atoms with Gasteiger partial charge in [0.25, 0.3) is 0 Å². The Morgan fingerprint density at radius 3 is 1.32 bits per heavy atom. The lowest BCUT2D eigenvalue weighted by atomic mass is 9.52. The van der Waals surface area contributed by atoms with Crippen LogP contribution < -0.4 is 10.6 Å². The van der Waals surface area contributed by atoms with Crippen molar-refractivity contribution in [2.45, 2.75) is 50.4 Å². The Bertz CT molecular complexity index is 1010. The van der Waals surface area contributed by atoms with Gasteiger partial charge in [-0.2, -0.15) is 0 Å². The molecule has 2 saturated heterocycles. The number of carbonyl (C=O) groups is 2. The lowest BCUT2D eigenvalue weighted by molar-refractivity contribution is -0.897. The molecule has 40 heavy (non-hydrogen) atoms. The first-order chi connectivity index (χ1) is 19.4. The van der Waals surface area contributed by atoms with Crippen molar-refractivity contribution in [2.75, 3.05) is 66.5 Å². The number of rotatable bonds is 12. The Balaban J connectivity index is 1.28. The molecule has 1 saturated carbocycles. The fourth-order valence-electron chi connectivity index (χ4n) is 7.81. The van der Waals surface area contributed by atoms with Crippen LogP contribution in [0.5, 0.6) is 0 Å². The van der Waals surface area contributed by atoms with E-state index in [9.17, 15) is 9.59 Å². The fourth-order valence-corrected chi connectivity index (χ4v) is 7.81. The predicted octanol–water partition coefficient (Wildman–Crippen LogP) is 4.29. The van der Waals surface area contributed by atoms with Crippen molar-refractivity contribution < 1.29 is 18.6 Å². The van der Waals surface area contributed by atoms with Gasteiger partial charge in [-0.25, -0.2) is 0 Å². The van der Waals surface area contributed by atoms with Crippen molar-refractivity contribution in [1.82, 2.24) is 10.6 Å². The highest BCUT2D eigenvalue weighted by atomic mass is 16.2. The molecule has 2 heterocycles. The highest BCUT2D eigenvalue weighted by Crippen LogP contribution is 2.57. The monoisotopic (exact) mass is 546 g/mol.